The molecule has 1 amide bonds. The molecule has 1 unspecified atom stereocenters. The van der Waals surface area contributed by atoms with E-state index in [1.165, 1.54) is 16.2 Å². The lowest BCUT2D eigenvalue weighted by molar-refractivity contribution is -0.117. The second kappa shape index (κ2) is 8.18. The summed E-state index contributed by atoms with van der Waals surface area (Å²) in [5.41, 5.74) is 3.01. The second-order valence-electron chi connectivity index (χ2n) is 8.34. The monoisotopic (exact) mass is 544 g/mol. The first-order valence-electron chi connectivity index (χ1n) is 10.8. The third-order valence-corrected chi connectivity index (χ3v) is 7.57. The number of halogens is 1. The number of aryl methyl sites for hydroxylation is 1. The maximum absolute atomic E-state index is 13.7. The number of hydrogen-bond acceptors (Lipinski definition) is 6. The number of Topliss-reactive ketones (excluding diaryl/α,β-unsaturated/α-hetero) is 1. The van der Waals surface area contributed by atoms with Crippen LogP contribution in [0.1, 0.15) is 27.7 Å². The van der Waals surface area contributed by atoms with Crippen LogP contribution in [0, 0.1) is 6.92 Å². The van der Waals surface area contributed by atoms with Gasteiger partial charge in [-0.05, 0) is 54.4 Å². The number of hydrogen-bond donors (Lipinski definition) is 1. The van der Waals surface area contributed by atoms with Gasteiger partial charge >= 0.3 is 0 Å². The third-order valence-electron chi connectivity index (χ3n) is 6.03. The number of ketones is 1. The Morgan fingerprint density at radius 2 is 1.86 bits per heavy atom. The molecule has 2 aromatic heterocycles. The van der Waals surface area contributed by atoms with Crippen LogP contribution in [0.15, 0.2) is 93.0 Å². The van der Waals surface area contributed by atoms with Gasteiger partial charge in [0.1, 0.15) is 5.58 Å². The summed E-state index contributed by atoms with van der Waals surface area (Å²) in [4.78, 5) is 33.2. The van der Waals surface area contributed by atoms with Gasteiger partial charge in [-0.2, -0.15) is 0 Å². The normalized spacial score (nSPS) is 16.1. The molecule has 0 bridgehead atoms. The predicted octanol–water partition coefficient (Wildman–Crippen LogP) is 6.90. The summed E-state index contributed by atoms with van der Waals surface area (Å²) in [5.74, 6) is -1.75. The van der Waals surface area contributed by atoms with Crippen LogP contribution >= 0.6 is 27.3 Å². The van der Waals surface area contributed by atoms with E-state index in [9.17, 15) is 14.7 Å². The molecule has 0 aliphatic carbocycles. The summed E-state index contributed by atoms with van der Waals surface area (Å²) < 4.78 is 7.55. The van der Waals surface area contributed by atoms with Gasteiger partial charge in [0, 0.05) is 9.86 Å². The molecule has 3 heterocycles. The van der Waals surface area contributed by atoms with Crippen molar-refractivity contribution in [3.05, 3.63) is 105 Å². The topological polar surface area (TPSA) is 83.6 Å². The van der Waals surface area contributed by atoms with E-state index >= 15 is 0 Å². The fraction of sp³-hybridized carbons (Fsp3) is 0.0741. The molecule has 6 rings (SSSR count). The fourth-order valence-corrected chi connectivity index (χ4v) is 5.70. The van der Waals surface area contributed by atoms with Gasteiger partial charge in [-0.25, -0.2) is 4.98 Å². The Morgan fingerprint density at radius 3 is 2.63 bits per heavy atom. The first-order chi connectivity index (χ1) is 16.9. The number of benzene rings is 3. The van der Waals surface area contributed by atoms with Crippen LogP contribution in [-0.4, -0.2) is 21.8 Å². The standard InChI is InChI=1S/C27H17BrN2O4S/c1-14-6-11-18-21(12-14)35-27(29-18)30-23(15-7-9-17(28)10-8-15)22(25(32)26(30)33)24(31)20-13-16-4-2-3-5-19(16)34-20/h2-13,23,32H,1H3. The molecular weight excluding hydrogens is 528 g/mol. The van der Waals surface area contributed by atoms with Crippen LogP contribution in [-0.2, 0) is 4.79 Å². The number of aliphatic hydroxyl groups is 1. The Balaban J connectivity index is 1.51. The lowest BCUT2D eigenvalue weighted by atomic mass is 9.95. The minimum absolute atomic E-state index is 0.0354. The molecule has 5 aromatic rings. The first-order valence-corrected chi connectivity index (χ1v) is 12.4. The summed E-state index contributed by atoms with van der Waals surface area (Å²) in [6.07, 6.45) is 0. The number of rotatable bonds is 4. The zero-order valence-electron chi connectivity index (χ0n) is 18.4. The smallest absolute Gasteiger partial charge is 0.296 e. The van der Waals surface area contributed by atoms with E-state index in [-0.39, 0.29) is 11.3 Å². The molecule has 6 nitrogen and oxygen atoms in total. The van der Waals surface area contributed by atoms with Crippen LogP contribution in [0.5, 0.6) is 0 Å². The van der Waals surface area contributed by atoms with Gasteiger partial charge in [-0.3, -0.25) is 14.5 Å². The highest BCUT2D eigenvalue weighted by molar-refractivity contribution is 9.10. The lowest BCUT2D eigenvalue weighted by Crippen LogP contribution is -2.30. The summed E-state index contributed by atoms with van der Waals surface area (Å²) in [7, 11) is 0. The summed E-state index contributed by atoms with van der Waals surface area (Å²) in [6, 6.07) is 21.2. The first kappa shape index (κ1) is 21.8. The van der Waals surface area contributed by atoms with Crippen molar-refractivity contribution in [2.75, 3.05) is 4.90 Å². The van der Waals surface area contributed by atoms with Crippen molar-refractivity contribution in [3.63, 3.8) is 0 Å². The number of thiazole rings is 1. The summed E-state index contributed by atoms with van der Waals surface area (Å²) >= 11 is 4.78. The molecule has 0 radical (unpaired) electrons. The van der Waals surface area contributed by atoms with E-state index in [4.69, 9.17) is 4.42 Å². The highest BCUT2D eigenvalue weighted by Gasteiger charge is 2.46. The van der Waals surface area contributed by atoms with Gasteiger partial charge in [0.2, 0.25) is 5.78 Å². The SMILES string of the molecule is Cc1ccc2nc(N3C(=O)C(O)=C(C(=O)c4cc5ccccc5o4)C3c3ccc(Br)cc3)sc2c1. The van der Waals surface area contributed by atoms with Gasteiger partial charge in [0.15, 0.2) is 16.7 Å². The average molecular weight is 545 g/mol. The van der Waals surface area contributed by atoms with E-state index in [1.54, 1.807) is 12.1 Å². The molecule has 1 aliphatic rings. The maximum atomic E-state index is 13.7. The number of aliphatic hydroxyl groups excluding tert-OH is 1. The Morgan fingerprint density at radius 1 is 1.09 bits per heavy atom. The van der Waals surface area contributed by atoms with Gasteiger partial charge in [0.25, 0.3) is 5.91 Å². The van der Waals surface area contributed by atoms with E-state index < -0.39 is 23.5 Å². The number of carbonyl (C=O) groups excluding carboxylic acids is 2. The Bertz CT molecular complexity index is 1650. The van der Waals surface area contributed by atoms with Crippen molar-refractivity contribution >= 4 is 65.3 Å². The zero-order valence-corrected chi connectivity index (χ0v) is 20.8. The number of nitrogens with zero attached hydrogens (tertiary/aromatic N) is 2. The van der Waals surface area contributed by atoms with Crippen molar-refractivity contribution in [1.82, 2.24) is 4.98 Å². The molecule has 0 saturated carbocycles. The van der Waals surface area contributed by atoms with Crippen LogP contribution in [0.2, 0.25) is 0 Å². The van der Waals surface area contributed by atoms with E-state index in [2.05, 4.69) is 20.9 Å². The zero-order chi connectivity index (χ0) is 24.3. The molecule has 0 saturated heterocycles. The molecule has 0 fully saturated rings. The number of aromatic nitrogens is 1. The predicted molar refractivity (Wildman–Crippen MR) is 139 cm³/mol. The van der Waals surface area contributed by atoms with Crippen LogP contribution in [0.3, 0.4) is 0 Å². The lowest BCUT2D eigenvalue weighted by Gasteiger charge is -2.24. The minimum Gasteiger partial charge on any atom is -0.503 e. The molecule has 3 aromatic carbocycles. The number of fused-ring (bicyclic) bond motifs is 2. The summed E-state index contributed by atoms with van der Waals surface area (Å²) in [5, 5.41) is 12.2. The van der Waals surface area contributed by atoms with E-state index in [0.29, 0.717) is 16.3 Å². The molecule has 35 heavy (non-hydrogen) atoms. The van der Waals surface area contributed by atoms with Crippen LogP contribution < -0.4 is 4.90 Å². The van der Waals surface area contributed by atoms with Crippen molar-refractivity contribution in [2.24, 2.45) is 0 Å². The van der Waals surface area contributed by atoms with Crippen LogP contribution in [0.4, 0.5) is 5.13 Å². The largest absolute Gasteiger partial charge is 0.503 e. The number of furan rings is 1. The molecule has 1 atom stereocenters. The van der Waals surface area contributed by atoms with Crippen molar-refractivity contribution in [2.45, 2.75) is 13.0 Å². The third kappa shape index (κ3) is 3.57. The second-order valence-corrected chi connectivity index (χ2v) is 10.3. The molecule has 1 N–H and O–H groups in total. The average Bonchev–Trinajstić information content (AvgIpc) is 3.53. The van der Waals surface area contributed by atoms with Crippen LogP contribution in [0.25, 0.3) is 21.2 Å². The maximum Gasteiger partial charge on any atom is 0.296 e. The summed E-state index contributed by atoms with van der Waals surface area (Å²) in [6.45, 7) is 1.99. The molecule has 0 spiro atoms. The van der Waals surface area contributed by atoms with Crippen molar-refractivity contribution in [3.8, 4) is 0 Å². The Kier molecular flexibility index (Phi) is 5.09. The van der Waals surface area contributed by atoms with Crippen molar-refractivity contribution < 1.29 is 19.1 Å². The highest BCUT2D eigenvalue weighted by Crippen LogP contribution is 2.44. The minimum atomic E-state index is -0.863. The number of para-hydroxylation sites is 1. The van der Waals surface area contributed by atoms with Gasteiger partial charge in [-0.15, -0.1) is 0 Å². The van der Waals surface area contributed by atoms with Gasteiger partial charge < -0.3 is 9.52 Å². The quantitative estimate of drug-likeness (QED) is 0.249. The Hall–Kier alpha value is -3.75. The molecular formula is C27H17BrN2O4S. The van der Waals surface area contributed by atoms with E-state index in [1.807, 2.05) is 67.6 Å². The van der Waals surface area contributed by atoms with E-state index in [0.717, 1.165) is 25.6 Å². The van der Waals surface area contributed by atoms with Gasteiger partial charge in [0.05, 0.1) is 21.8 Å². The number of anilines is 1. The van der Waals surface area contributed by atoms with Gasteiger partial charge in [-0.1, -0.05) is 63.7 Å². The molecule has 1 aliphatic heterocycles. The molecule has 172 valence electrons. The Labute approximate surface area is 212 Å². The highest BCUT2D eigenvalue weighted by atomic mass is 79.9. The number of carbonyl (C=O) groups is 2. The molecule has 8 heteroatoms. The van der Waals surface area contributed by atoms with Crippen molar-refractivity contribution in [1.29, 1.82) is 0 Å². The number of amides is 1. The fourth-order valence-electron chi connectivity index (χ4n) is 4.34.